The lowest BCUT2D eigenvalue weighted by molar-refractivity contribution is 0.0897. The van der Waals surface area contributed by atoms with Crippen molar-refractivity contribution in [1.29, 1.82) is 0 Å². The summed E-state index contributed by atoms with van der Waals surface area (Å²) in [6, 6.07) is 0.676. The van der Waals surface area contributed by atoms with Crippen molar-refractivity contribution in [2.45, 2.75) is 45.6 Å². The maximum absolute atomic E-state index is 8.52. The first-order chi connectivity index (χ1) is 7.17. The Kier molecular flexibility index (Phi) is 5.58. The van der Waals surface area contributed by atoms with Crippen LogP contribution in [0.15, 0.2) is 0 Å². The van der Waals surface area contributed by atoms with Gasteiger partial charge in [0.2, 0.25) is 0 Å². The summed E-state index contributed by atoms with van der Waals surface area (Å²) in [4.78, 5) is 0. The van der Waals surface area contributed by atoms with E-state index in [-0.39, 0.29) is 6.61 Å². The molecule has 3 heteroatoms. The minimum Gasteiger partial charge on any atom is -0.394 e. The van der Waals surface area contributed by atoms with E-state index in [0.29, 0.717) is 18.1 Å². The molecule has 0 heterocycles. The Morgan fingerprint density at radius 3 is 2.80 bits per heavy atom. The molecule has 0 bridgehead atoms. The molecule has 15 heavy (non-hydrogen) atoms. The third-order valence-corrected chi connectivity index (χ3v) is 3.35. The van der Waals surface area contributed by atoms with Crippen LogP contribution in [0.1, 0.15) is 39.5 Å². The molecule has 0 amide bonds. The van der Waals surface area contributed by atoms with Gasteiger partial charge in [-0.2, -0.15) is 0 Å². The van der Waals surface area contributed by atoms with Crippen molar-refractivity contribution < 1.29 is 9.84 Å². The van der Waals surface area contributed by atoms with Gasteiger partial charge in [0, 0.05) is 12.6 Å². The highest BCUT2D eigenvalue weighted by Crippen LogP contribution is 2.36. The van der Waals surface area contributed by atoms with Crippen LogP contribution in [-0.2, 0) is 4.74 Å². The molecule has 0 spiro atoms. The number of ether oxygens (including phenoxy) is 1. The largest absolute Gasteiger partial charge is 0.394 e. The topological polar surface area (TPSA) is 41.5 Å². The van der Waals surface area contributed by atoms with Gasteiger partial charge in [-0.1, -0.05) is 20.3 Å². The molecule has 1 unspecified atom stereocenters. The molecule has 3 nitrogen and oxygen atoms in total. The van der Waals surface area contributed by atoms with Gasteiger partial charge in [-0.25, -0.2) is 0 Å². The average molecular weight is 215 g/mol. The molecule has 1 fully saturated rings. The molecular weight excluding hydrogens is 190 g/mol. The minimum atomic E-state index is 0.128. The van der Waals surface area contributed by atoms with Gasteiger partial charge in [-0.3, -0.25) is 0 Å². The Morgan fingerprint density at radius 2 is 2.20 bits per heavy atom. The van der Waals surface area contributed by atoms with Crippen molar-refractivity contribution >= 4 is 0 Å². The quantitative estimate of drug-likeness (QED) is 0.633. The van der Waals surface area contributed by atoms with Crippen LogP contribution < -0.4 is 5.32 Å². The van der Waals surface area contributed by atoms with Crippen LogP contribution in [0.5, 0.6) is 0 Å². The molecule has 1 saturated carbocycles. The van der Waals surface area contributed by atoms with E-state index < -0.39 is 0 Å². The van der Waals surface area contributed by atoms with Gasteiger partial charge in [-0.05, 0) is 31.2 Å². The van der Waals surface area contributed by atoms with Crippen molar-refractivity contribution in [3.05, 3.63) is 0 Å². The lowest BCUT2D eigenvalue weighted by Gasteiger charge is -2.27. The number of hydrogen-bond acceptors (Lipinski definition) is 3. The van der Waals surface area contributed by atoms with E-state index in [1.165, 1.54) is 19.3 Å². The van der Waals surface area contributed by atoms with Crippen LogP contribution in [0.4, 0.5) is 0 Å². The summed E-state index contributed by atoms with van der Waals surface area (Å²) in [7, 11) is 0. The normalized spacial score (nSPS) is 24.6. The third-order valence-electron chi connectivity index (χ3n) is 3.35. The molecule has 0 aromatic carbocycles. The number of rotatable bonds is 7. The number of aliphatic hydroxyl groups excluding tert-OH is 1. The van der Waals surface area contributed by atoms with Crippen LogP contribution in [-0.4, -0.2) is 37.5 Å². The summed E-state index contributed by atoms with van der Waals surface area (Å²) in [5.41, 5.74) is 0.464. The molecular formula is C12H25NO2. The predicted molar refractivity (Wildman–Crippen MR) is 61.9 cm³/mol. The summed E-state index contributed by atoms with van der Waals surface area (Å²) in [5.74, 6) is 0. The van der Waals surface area contributed by atoms with E-state index in [9.17, 15) is 0 Å². The lowest BCUT2D eigenvalue weighted by Crippen LogP contribution is -2.38. The van der Waals surface area contributed by atoms with Gasteiger partial charge in [0.05, 0.1) is 13.2 Å². The first-order valence-corrected chi connectivity index (χ1v) is 6.09. The third kappa shape index (κ3) is 4.49. The van der Waals surface area contributed by atoms with Crippen molar-refractivity contribution in [2.75, 3.05) is 26.4 Å². The molecule has 1 rings (SSSR count). The van der Waals surface area contributed by atoms with Crippen LogP contribution in [0.2, 0.25) is 0 Å². The molecule has 1 aliphatic rings. The van der Waals surface area contributed by atoms with E-state index in [0.717, 1.165) is 19.6 Å². The zero-order chi connectivity index (χ0) is 11.1. The second-order valence-corrected chi connectivity index (χ2v) is 5.08. The predicted octanol–water partition coefficient (Wildman–Crippen LogP) is 1.55. The van der Waals surface area contributed by atoms with Gasteiger partial charge in [0.15, 0.2) is 0 Å². The van der Waals surface area contributed by atoms with Gasteiger partial charge in [0.25, 0.3) is 0 Å². The van der Waals surface area contributed by atoms with Crippen LogP contribution in [0.25, 0.3) is 0 Å². The maximum Gasteiger partial charge on any atom is 0.0697 e. The van der Waals surface area contributed by atoms with Crippen molar-refractivity contribution in [2.24, 2.45) is 5.41 Å². The summed E-state index contributed by atoms with van der Waals surface area (Å²) < 4.78 is 5.21. The second-order valence-electron chi connectivity index (χ2n) is 5.08. The fourth-order valence-corrected chi connectivity index (χ4v) is 2.32. The van der Waals surface area contributed by atoms with E-state index in [1.54, 1.807) is 0 Å². The SMILES string of the molecule is CC1(C)CCCC1NCCCOCCO. The number of aliphatic hydroxyl groups is 1. The molecule has 0 aromatic heterocycles. The Labute approximate surface area is 93.2 Å². The fourth-order valence-electron chi connectivity index (χ4n) is 2.32. The van der Waals surface area contributed by atoms with Crippen LogP contribution >= 0.6 is 0 Å². The zero-order valence-corrected chi connectivity index (χ0v) is 10.1. The van der Waals surface area contributed by atoms with Crippen molar-refractivity contribution in [1.82, 2.24) is 5.32 Å². The van der Waals surface area contributed by atoms with Crippen LogP contribution in [0.3, 0.4) is 0 Å². The van der Waals surface area contributed by atoms with E-state index in [1.807, 2.05) is 0 Å². The Hall–Kier alpha value is -0.120. The van der Waals surface area contributed by atoms with Crippen molar-refractivity contribution in [3.8, 4) is 0 Å². The molecule has 1 aliphatic carbocycles. The van der Waals surface area contributed by atoms with Crippen molar-refractivity contribution in [3.63, 3.8) is 0 Å². The highest BCUT2D eigenvalue weighted by Gasteiger charge is 2.33. The molecule has 0 aromatic rings. The first kappa shape index (κ1) is 12.9. The smallest absolute Gasteiger partial charge is 0.0697 e. The van der Waals surface area contributed by atoms with Gasteiger partial charge in [-0.15, -0.1) is 0 Å². The number of nitrogens with one attached hydrogen (secondary N) is 1. The fraction of sp³-hybridized carbons (Fsp3) is 1.00. The zero-order valence-electron chi connectivity index (χ0n) is 10.1. The van der Waals surface area contributed by atoms with E-state index >= 15 is 0 Å². The summed E-state index contributed by atoms with van der Waals surface area (Å²) >= 11 is 0. The Morgan fingerprint density at radius 1 is 1.40 bits per heavy atom. The first-order valence-electron chi connectivity index (χ1n) is 6.09. The molecule has 0 saturated heterocycles. The monoisotopic (exact) mass is 215 g/mol. The Bertz CT molecular complexity index is 171. The Balaban J connectivity index is 2.00. The number of hydrogen-bond donors (Lipinski definition) is 2. The molecule has 0 aliphatic heterocycles. The average Bonchev–Trinajstić information content (AvgIpc) is 2.52. The van der Waals surface area contributed by atoms with Gasteiger partial charge >= 0.3 is 0 Å². The highest BCUT2D eigenvalue weighted by molar-refractivity contribution is 4.89. The van der Waals surface area contributed by atoms with Gasteiger partial charge in [0.1, 0.15) is 0 Å². The minimum absolute atomic E-state index is 0.128. The van der Waals surface area contributed by atoms with E-state index in [2.05, 4.69) is 19.2 Å². The molecule has 2 N–H and O–H groups in total. The summed E-state index contributed by atoms with van der Waals surface area (Å²) in [6.45, 7) is 7.07. The molecule has 90 valence electrons. The second kappa shape index (κ2) is 6.46. The van der Waals surface area contributed by atoms with Gasteiger partial charge < -0.3 is 15.2 Å². The standard InChI is InChI=1S/C12H25NO2/c1-12(2)6-3-5-11(12)13-7-4-9-15-10-8-14/h11,13-14H,3-10H2,1-2H3. The van der Waals surface area contributed by atoms with Crippen LogP contribution in [0, 0.1) is 5.41 Å². The molecule has 0 radical (unpaired) electrons. The summed E-state index contributed by atoms with van der Waals surface area (Å²) in [6.07, 6.45) is 5.04. The lowest BCUT2D eigenvalue weighted by atomic mass is 9.87. The maximum atomic E-state index is 8.52. The van der Waals surface area contributed by atoms with E-state index in [4.69, 9.17) is 9.84 Å². The molecule has 1 atom stereocenters. The highest BCUT2D eigenvalue weighted by atomic mass is 16.5. The summed E-state index contributed by atoms with van der Waals surface area (Å²) in [5, 5.41) is 12.1.